The number of carbonyl (C=O) groups is 2. The monoisotopic (exact) mass is 186 g/mol. The van der Waals surface area contributed by atoms with Gasteiger partial charge < -0.3 is 15.3 Å². The van der Waals surface area contributed by atoms with Crippen LogP contribution in [0, 0.1) is 0 Å². The van der Waals surface area contributed by atoms with Crippen LogP contribution < -0.4 is 5.32 Å². The van der Waals surface area contributed by atoms with Gasteiger partial charge >= 0.3 is 5.97 Å². The average Bonchev–Trinajstić information content (AvgIpc) is 2.03. The van der Waals surface area contributed by atoms with Gasteiger partial charge in [-0.05, 0) is 0 Å². The van der Waals surface area contributed by atoms with Crippen LogP contribution in [0.15, 0.2) is 0 Å². The molecule has 0 saturated carbocycles. The van der Waals surface area contributed by atoms with Crippen molar-refractivity contribution in [2.45, 2.75) is 19.4 Å². The van der Waals surface area contributed by atoms with Gasteiger partial charge in [-0.2, -0.15) is 0 Å². The van der Waals surface area contributed by atoms with Crippen molar-refractivity contribution in [3.8, 4) is 0 Å². The van der Waals surface area contributed by atoms with Crippen molar-refractivity contribution in [3.63, 3.8) is 0 Å². The third-order valence-corrected chi connectivity index (χ3v) is 2.16. The molecule has 1 aliphatic heterocycles. The number of carboxylic acid groups (broad SMARTS) is 1. The Hall–Kier alpha value is -1.10. The lowest BCUT2D eigenvalue weighted by molar-refractivity contribution is -0.140. The molecule has 1 rings (SSSR count). The Kier molecular flexibility index (Phi) is 3.25. The quantitative estimate of drug-likeness (QED) is 0.597. The summed E-state index contributed by atoms with van der Waals surface area (Å²) in [6.07, 6.45) is 0.0204. The van der Waals surface area contributed by atoms with Crippen LogP contribution in [0.4, 0.5) is 0 Å². The maximum absolute atomic E-state index is 11.1. The second kappa shape index (κ2) is 4.23. The molecule has 2 N–H and O–H groups in total. The number of nitrogens with one attached hydrogen (secondary N) is 1. The molecule has 0 aliphatic carbocycles. The van der Waals surface area contributed by atoms with Crippen LogP contribution in [0.3, 0.4) is 0 Å². The number of aliphatic carboxylic acids is 1. The molecule has 0 aromatic heterocycles. The summed E-state index contributed by atoms with van der Waals surface area (Å²) in [6, 6.07) is -0.191. The second-order valence-corrected chi connectivity index (χ2v) is 3.17. The van der Waals surface area contributed by atoms with Gasteiger partial charge in [-0.3, -0.25) is 9.59 Å². The summed E-state index contributed by atoms with van der Waals surface area (Å²) in [5, 5.41) is 11.7. The summed E-state index contributed by atoms with van der Waals surface area (Å²) in [6.45, 7) is 3.40. The molecule has 0 aromatic carbocycles. The number of hydrogen-bond donors (Lipinski definition) is 2. The average molecular weight is 186 g/mol. The summed E-state index contributed by atoms with van der Waals surface area (Å²) < 4.78 is 0. The third kappa shape index (κ3) is 2.69. The number of carboxylic acids is 1. The number of hydrogen-bond acceptors (Lipinski definition) is 3. The topological polar surface area (TPSA) is 69.6 Å². The molecule has 5 heteroatoms. The number of rotatable bonds is 2. The minimum atomic E-state index is -0.861. The van der Waals surface area contributed by atoms with Crippen molar-refractivity contribution in [2.75, 3.05) is 19.6 Å². The molecular weight excluding hydrogens is 172 g/mol. The molecule has 1 aliphatic rings. The molecule has 0 bridgehead atoms. The minimum absolute atomic E-state index is 0.0204. The highest BCUT2D eigenvalue weighted by Gasteiger charge is 2.25. The van der Waals surface area contributed by atoms with E-state index < -0.39 is 5.97 Å². The summed E-state index contributed by atoms with van der Waals surface area (Å²) in [4.78, 5) is 23.2. The number of nitrogens with zero attached hydrogens (tertiary/aromatic N) is 1. The highest BCUT2D eigenvalue weighted by Crippen LogP contribution is 2.07. The molecule has 0 unspecified atom stereocenters. The van der Waals surface area contributed by atoms with Gasteiger partial charge in [0.1, 0.15) is 0 Å². The van der Waals surface area contributed by atoms with E-state index >= 15 is 0 Å². The van der Waals surface area contributed by atoms with E-state index in [9.17, 15) is 9.59 Å². The Morgan fingerprint density at radius 3 is 2.85 bits per heavy atom. The van der Waals surface area contributed by atoms with E-state index in [1.807, 2.05) is 0 Å². The fraction of sp³-hybridized carbons (Fsp3) is 0.750. The van der Waals surface area contributed by atoms with Gasteiger partial charge in [-0.1, -0.05) is 0 Å². The number of carbonyl (C=O) groups excluding carboxylic acids is 1. The van der Waals surface area contributed by atoms with Crippen LogP contribution >= 0.6 is 0 Å². The Balaban J connectivity index is 2.56. The smallest absolute Gasteiger partial charge is 0.305 e. The highest BCUT2D eigenvalue weighted by molar-refractivity contribution is 5.75. The first-order valence-electron chi connectivity index (χ1n) is 4.31. The molecular formula is C8H14N2O3. The van der Waals surface area contributed by atoms with Crippen LogP contribution in [0.1, 0.15) is 13.3 Å². The van der Waals surface area contributed by atoms with Crippen LogP contribution in [0.2, 0.25) is 0 Å². The number of piperazine rings is 1. The standard InChI is InChI=1S/C8H14N2O3/c1-6(11)10-3-2-9-5-7(10)4-8(12)13/h7,9H,2-5H2,1H3,(H,12,13)/t7-/m0/s1. The largest absolute Gasteiger partial charge is 0.481 e. The van der Waals surface area contributed by atoms with Crippen molar-refractivity contribution in [1.29, 1.82) is 0 Å². The van der Waals surface area contributed by atoms with Crippen LogP contribution in [0.5, 0.6) is 0 Å². The molecule has 5 nitrogen and oxygen atoms in total. The van der Waals surface area contributed by atoms with Crippen molar-refractivity contribution in [2.24, 2.45) is 0 Å². The molecule has 1 atom stereocenters. The van der Waals surface area contributed by atoms with E-state index in [0.717, 1.165) is 6.54 Å². The first-order valence-corrected chi connectivity index (χ1v) is 4.31. The fourth-order valence-corrected chi connectivity index (χ4v) is 1.56. The molecule has 1 amide bonds. The van der Waals surface area contributed by atoms with Crippen LogP contribution in [0.25, 0.3) is 0 Å². The molecule has 1 saturated heterocycles. The molecule has 74 valence electrons. The lowest BCUT2D eigenvalue weighted by Gasteiger charge is -2.34. The predicted molar refractivity (Wildman–Crippen MR) is 46.3 cm³/mol. The SMILES string of the molecule is CC(=O)N1CCNC[C@@H]1CC(=O)O. The number of amides is 1. The molecule has 0 radical (unpaired) electrons. The van der Waals surface area contributed by atoms with E-state index in [2.05, 4.69) is 5.32 Å². The van der Waals surface area contributed by atoms with Gasteiger partial charge in [0.15, 0.2) is 0 Å². The second-order valence-electron chi connectivity index (χ2n) is 3.17. The van der Waals surface area contributed by atoms with Crippen molar-refractivity contribution >= 4 is 11.9 Å². The van der Waals surface area contributed by atoms with E-state index in [1.165, 1.54) is 6.92 Å². The summed E-state index contributed by atoms with van der Waals surface area (Å²) in [7, 11) is 0. The molecule has 0 spiro atoms. The van der Waals surface area contributed by atoms with E-state index in [4.69, 9.17) is 5.11 Å². The molecule has 1 heterocycles. The van der Waals surface area contributed by atoms with Crippen molar-refractivity contribution in [3.05, 3.63) is 0 Å². The van der Waals surface area contributed by atoms with E-state index in [0.29, 0.717) is 13.1 Å². The zero-order valence-electron chi connectivity index (χ0n) is 7.62. The van der Waals surface area contributed by atoms with Gasteiger partial charge in [0.2, 0.25) is 5.91 Å². The first kappa shape index (κ1) is 9.98. The highest BCUT2D eigenvalue weighted by atomic mass is 16.4. The van der Waals surface area contributed by atoms with Crippen molar-refractivity contribution < 1.29 is 14.7 Å². The van der Waals surface area contributed by atoms with Crippen molar-refractivity contribution in [1.82, 2.24) is 10.2 Å². The maximum Gasteiger partial charge on any atom is 0.305 e. The van der Waals surface area contributed by atoms with Gasteiger partial charge in [-0.15, -0.1) is 0 Å². The van der Waals surface area contributed by atoms with E-state index in [-0.39, 0.29) is 18.4 Å². The van der Waals surface area contributed by atoms with Crippen LogP contribution in [-0.2, 0) is 9.59 Å². The Morgan fingerprint density at radius 1 is 1.62 bits per heavy atom. The van der Waals surface area contributed by atoms with Gasteiger partial charge in [0, 0.05) is 26.6 Å². The van der Waals surface area contributed by atoms with Gasteiger partial charge in [-0.25, -0.2) is 0 Å². The zero-order chi connectivity index (χ0) is 9.84. The third-order valence-electron chi connectivity index (χ3n) is 2.16. The van der Waals surface area contributed by atoms with E-state index in [1.54, 1.807) is 4.90 Å². The van der Waals surface area contributed by atoms with Crippen LogP contribution in [-0.4, -0.2) is 47.6 Å². The summed E-state index contributed by atoms with van der Waals surface area (Å²) in [5.41, 5.74) is 0. The van der Waals surface area contributed by atoms with Gasteiger partial charge in [0.05, 0.1) is 12.5 Å². The Morgan fingerprint density at radius 2 is 2.31 bits per heavy atom. The van der Waals surface area contributed by atoms with Gasteiger partial charge in [0.25, 0.3) is 0 Å². The lowest BCUT2D eigenvalue weighted by atomic mass is 10.1. The molecule has 13 heavy (non-hydrogen) atoms. The summed E-state index contributed by atoms with van der Waals surface area (Å²) in [5.74, 6) is -0.910. The molecule has 1 fully saturated rings. The lowest BCUT2D eigenvalue weighted by Crippen LogP contribution is -2.53. The Labute approximate surface area is 76.7 Å². The normalized spacial score (nSPS) is 22.8. The maximum atomic E-state index is 11.1. The summed E-state index contributed by atoms with van der Waals surface area (Å²) >= 11 is 0. The zero-order valence-corrected chi connectivity index (χ0v) is 7.62. The first-order chi connectivity index (χ1) is 6.11. The predicted octanol–water partition coefficient (Wildman–Crippen LogP) is -0.719. The Bertz CT molecular complexity index is 217. The minimum Gasteiger partial charge on any atom is -0.481 e. The fourth-order valence-electron chi connectivity index (χ4n) is 1.56. The molecule has 0 aromatic rings.